The van der Waals surface area contributed by atoms with Crippen LogP contribution in [0.4, 0.5) is 4.79 Å². The van der Waals surface area contributed by atoms with E-state index in [1.165, 1.54) is 16.4 Å². The first-order valence-electron chi connectivity index (χ1n) is 8.97. The van der Waals surface area contributed by atoms with Gasteiger partial charge in [0.15, 0.2) is 5.54 Å². The molecule has 4 heterocycles. The van der Waals surface area contributed by atoms with Gasteiger partial charge < -0.3 is 9.73 Å². The molecule has 2 saturated heterocycles. The van der Waals surface area contributed by atoms with Crippen LogP contribution in [-0.4, -0.2) is 47.6 Å². The minimum Gasteiger partial charge on any atom is -0.446 e. The van der Waals surface area contributed by atoms with E-state index in [1.807, 2.05) is 0 Å². The SMILES string of the molecule is CC1(c2ccccn2)NC(=O)N(Cc2ccc(S(=O)(=O)N3CCCC3)o2)C1=O. The Hall–Kier alpha value is -2.72. The highest BCUT2D eigenvalue weighted by Gasteiger charge is 2.50. The molecule has 2 aliphatic rings. The Morgan fingerprint density at radius 3 is 2.61 bits per heavy atom. The molecule has 1 N–H and O–H groups in total. The number of amides is 3. The molecule has 0 bridgehead atoms. The van der Waals surface area contributed by atoms with Gasteiger partial charge in [0.05, 0.1) is 12.2 Å². The summed E-state index contributed by atoms with van der Waals surface area (Å²) in [6, 6.07) is 7.36. The first kappa shape index (κ1) is 18.6. The Morgan fingerprint density at radius 2 is 1.93 bits per heavy atom. The summed E-state index contributed by atoms with van der Waals surface area (Å²) in [7, 11) is -3.69. The van der Waals surface area contributed by atoms with Crippen molar-refractivity contribution in [1.82, 2.24) is 19.5 Å². The molecule has 0 aliphatic carbocycles. The van der Waals surface area contributed by atoms with Crippen LogP contribution in [0.15, 0.2) is 46.0 Å². The van der Waals surface area contributed by atoms with Crippen LogP contribution in [0.5, 0.6) is 0 Å². The first-order valence-corrected chi connectivity index (χ1v) is 10.4. The van der Waals surface area contributed by atoms with Crippen LogP contribution >= 0.6 is 0 Å². The molecule has 2 aliphatic heterocycles. The second-order valence-corrected chi connectivity index (χ2v) is 8.86. The van der Waals surface area contributed by atoms with Crippen LogP contribution in [0.2, 0.25) is 0 Å². The number of urea groups is 1. The van der Waals surface area contributed by atoms with E-state index in [-0.39, 0.29) is 17.4 Å². The number of sulfonamides is 1. The van der Waals surface area contributed by atoms with E-state index in [4.69, 9.17) is 4.42 Å². The molecule has 0 saturated carbocycles. The number of carbonyl (C=O) groups is 2. The molecular formula is C18H20N4O5S. The average molecular weight is 404 g/mol. The van der Waals surface area contributed by atoms with Crippen molar-refractivity contribution in [2.45, 2.75) is 36.9 Å². The fourth-order valence-corrected chi connectivity index (χ4v) is 4.91. The van der Waals surface area contributed by atoms with Crippen molar-refractivity contribution >= 4 is 22.0 Å². The van der Waals surface area contributed by atoms with E-state index in [0.717, 1.165) is 17.7 Å². The van der Waals surface area contributed by atoms with E-state index < -0.39 is 27.5 Å². The Balaban J connectivity index is 1.55. The van der Waals surface area contributed by atoms with E-state index in [0.29, 0.717) is 18.8 Å². The molecule has 2 fully saturated rings. The second kappa shape index (κ2) is 6.71. The zero-order valence-corrected chi connectivity index (χ0v) is 16.1. The number of pyridine rings is 1. The molecule has 2 aromatic heterocycles. The Labute approximate surface area is 162 Å². The molecule has 3 amide bonds. The number of hydrogen-bond donors (Lipinski definition) is 1. The van der Waals surface area contributed by atoms with Gasteiger partial charge in [-0.15, -0.1) is 0 Å². The summed E-state index contributed by atoms with van der Waals surface area (Å²) in [5.74, 6) is -0.261. The van der Waals surface area contributed by atoms with Crippen molar-refractivity contribution in [2.75, 3.05) is 13.1 Å². The number of nitrogens with one attached hydrogen (secondary N) is 1. The third kappa shape index (κ3) is 2.98. The number of hydrogen-bond acceptors (Lipinski definition) is 6. The standard InChI is InChI=1S/C18H20N4O5S/c1-18(14-6-2-3-9-19-14)16(23)22(17(24)20-18)12-13-7-8-15(27-13)28(25,26)21-10-4-5-11-21/h2-3,6-9H,4-5,10-12H2,1H3,(H,20,24). The van der Waals surface area contributed by atoms with Gasteiger partial charge in [-0.25, -0.2) is 13.2 Å². The Morgan fingerprint density at radius 1 is 1.18 bits per heavy atom. The van der Waals surface area contributed by atoms with E-state index in [1.54, 1.807) is 31.3 Å². The van der Waals surface area contributed by atoms with Crippen molar-refractivity contribution in [2.24, 2.45) is 0 Å². The van der Waals surface area contributed by atoms with Gasteiger partial charge in [0.2, 0.25) is 5.09 Å². The van der Waals surface area contributed by atoms with Crippen molar-refractivity contribution in [3.63, 3.8) is 0 Å². The second-order valence-electron chi connectivity index (χ2n) is 6.99. The highest BCUT2D eigenvalue weighted by Crippen LogP contribution is 2.29. The van der Waals surface area contributed by atoms with Crippen molar-refractivity contribution in [1.29, 1.82) is 0 Å². The fourth-order valence-electron chi connectivity index (χ4n) is 3.47. The van der Waals surface area contributed by atoms with Gasteiger partial charge in [-0.2, -0.15) is 4.31 Å². The Kier molecular flexibility index (Phi) is 4.47. The molecule has 0 radical (unpaired) electrons. The summed E-state index contributed by atoms with van der Waals surface area (Å²) < 4.78 is 32.0. The number of aromatic nitrogens is 1. The van der Waals surface area contributed by atoms with Gasteiger partial charge in [0.1, 0.15) is 5.76 Å². The molecule has 148 valence electrons. The van der Waals surface area contributed by atoms with Gasteiger partial charge in [0, 0.05) is 19.3 Å². The summed E-state index contributed by atoms with van der Waals surface area (Å²) in [6.07, 6.45) is 3.19. The molecule has 10 heteroatoms. The molecule has 2 aromatic rings. The molecular weight excluding hydrogens is 384 g/mol. The van der Waals surface area contributed by atoms with E-state index >= 15 is 0 Å². The van der Waals surface area contributed by atoms with Crippen molar-refractivity contribution in [3.8, 4) is 0 Å². The van der Waals surface area contributed by atoms with Gasteiger partial charge in [0.25, 0.3) is 15.9 Å². The molecule has 0 aromatic carbocycles. The number of imide groups is 1. The van der Waals surface area contributed by atoms with E-state index in [2.05, 4.69) is 10.3 Å². The van der Waals surface area contributed by atoms with Crippen LogP contribution in [0.1, 0.15) is 31.2 Å². The molecule has 9 nitrogen and oxygen atoms in total. The molecule has 1 atom stereocenters. The number of carbonyl (C=O) groups excluding carboxylic acids is 2. The minimum atomic E-state index is -3.69. The molecule has 4 rings (SSSR count). The van der Waals surface area contributed by atoms with Gasteiger partial charge in [-0.05, 0) is 44.0 Å². The lowest BCUT2D eigenvalue weighted by molar-refractivity contribution is -0.131. The lowest BCUT2D eigenvalue weighted by Gasteiger charge is -2.20. The van der Waals surface area contributed by atoms with Crippen LogP contribution in [0.3, 0.4) is 0 Å². The fraction of sp³-hybridized carbons (Fsp3) is 0.389. The van der Waals surface area contributed by atoms with E-state index in [9.17, 15) is 18.0 Å². The molecule has 1 unspecified atom stereocenters. The summed E-state index contributed by atoms with van der Waals surface area (Å²) in [5, 5.41) is 2.48. The molecule has 28 heavy (non-hydrogen) atoms. The zero-order chi connectivity index (χ0) is 19.9. The highest BCUT2D eigenvalue weighted by atomic mass is 32.2. The minimum absolute atomic E-state index is 0.164. The number of nitrogens with zero attached hydrogens (tertiary/aromatic N) is 3. The lowest BCUT2D eigenvalue weighted by atomic mass is 9.97. The normalized spacial score (nSPS) is 23.4. The topological polar surface area (TPSA) is 113 Å². The third-order valence-corrected chi connectivity index (χ3v) is 6.84. The smallest absolute Gasteiger partial charge is 0.325 e. The van der Waals surface area contributed by atoms with Crippen LogP contribution < -0.4 is 5.32 Å². The summed E-state index contributed by atoms with van der Waals surface area (Å²) in [5.41, 5.74) is -0.859. The maximum absolute atomic E-state index is 12.9. The van der Waals surface area contributed by atoms with Gasteiger partial charge in [-0.1, -0.05) is 6.07 Å². The number of rotatable bonds is 5. The van der Waals surface area contributed by atoms with Crippen molar-refractivity contribution in [3.05, 3.63) is 48.0 Å². The first-order chi connectivity index (χ1) is 13.3. The number of furan rings is 1. The summed E-state index contributed by atoms with van der Waals surface area (Å²) in [4.78, 5) is 30.4. The average Bonchev–Trinajstić information content (AvgIpc) is 3.41. The molecule has 0 spiro atoms. The predicted molar refractivity (Wildman–Crippen MR) is 97.4 cm³/mol. The highest BCUT2D eigenvalue weighted by molar-refractivity contribution is 7.89. The third-order valence-electron chi connectivity index (χ3n) is 5.06. The largest absolute Gasteiger partial charge is 0.446 e. The van der Waals surface area contributed by atoms with Crippen molar-refractivity contribution < 1.29 is 22.4 Å². The maximum Gasteiger partial charge on any atom is 0.325 e. The quantitative estimate of drug-likeness (QED) is 0.755. The monoisotopic (exact) mass is 404 g/mol. The van der Waals surface area contributed by atoms with Crippen LogP contribution in [0.25, 0.3) is 0 Å². The predicted octanol–water partition coefficient (Wildman–Crippen LogP) is 1.43. The maximum atomic E-state index is 12.9. The van der Waals surface area contributed by atoms with Gasteiger partial charge >= 0.3 is 6.03 Å². The van der Waals surface area contributed by atoms with Crippen LogP contribution in [0, 0.1) is 0 Å². The summed E-state index contributed by atoms with van der Waals surface area (Å²) in [6.45, 7) is 2.35. The Bertz CT molecular complexity index is 1010. The van der Waals surface area contributed by atoms with Crippen LogP contribution in [-0.2, 0) is 26.9 Å². The van der Waals surface area contributed by atoms with Gasteiger partial charge in [-0.3, -0.25) is 14.7 Å². The lowest BCUT2D eigenvalue weighted by Crippen LogP contribution is -2.41. The zero-order valence-electron chi connectivity index (χ0n) is 15.3. The summed E-state index contributed by atoms with van der Waals surface area (Å²) >= 11 is 0.